The molecule has 4 atom stereocenters. The van der Waals surface area contributed by atoms with E-state index in [0.717, 1.165) is 5.75 Å². The molecule has 31 heavy (non-hydrogen) atoms. The van der Waals surface area contributed by atoms with E-state index in [2.05, 4.69) is 10.6 Å². The van der Waals surface area contributed by atoms with Crippen LogP contribution in [0.15, 0.2) is 0 Å². The van der Waals surface area contributed by atoms with Crippen LogP contribution in [0, 0.1) is 5.92 Å². The Bertz CT molecular complexity index is 635. The number of hydrogen-bond acceptors (Lipinski definition) is 7. The summed E-state index contributed by atoms with van der Waals surface area (Å²) in [6.07, 6.45) is 5.71. The van der Waals surface area contributed by atoms with Crippen molar-refractivity contribution in [3.63, 3.8) is 0 Å². The number of nitrogens with two attached hydrogens (primary N) is 1. The average Bonchev–Trinajstić information content (AvgIpc) is 3.21. The van der Waals surface area contributed by atoms with E-state index in [1.807, 2.05) is 26.4 Å². The molecule has 1 rings (SSSR count). The van der Waals surface area contributed by atoms with E-state index in [1.54, 1.807) is 11.8 Å². The summed E-state index contributed by atoms with van der Waals surface area (Å²) in [5.74, 6) is -1.14. The highest BCUT2D eigenvalue weighted by molar-refractivity contribution is 7.98. The van der Waals surface area contributed by atoms with E-state index in [-0.39, 0.29) is 17.7 Å². The number of aliphatic carboxylic acids is 1. The number of hydrogen-bond donors (Lipinski definition) is 4. The number of nitrogens with one attached hydrogen (secondary N) is 2. The molecule has 0 aliphatic carbocycles. The first-order valence-corrected chi connectivity index (χ1v) is 13.3. The van der Waals surface area contributed by atoms with Gasteiger partial charge in [-0.3, -0.25) is 14.4 Å². The smallest absolute Gasteiger partial charge is 0.326 e. The van der Waals surface area contributed by atoms with Crippen molar-refractivity contribution in [3.8, 4) is 0 Å². The van der Waals surface area contributed by atoms with Gasteiger partial charge in [-0.2, -0.15) is 23.5 Å². The normalized spacial score (nSPS) is 19.0. The zero-order valence-electron chi connectivity index (χ0n) is 18.8. The predicted molar refractivity (Wildman–Crippen MR) is 125 cm³/mol. The Labute approximate surface area is 193 Å². The van der Waals surface area contributed by atoms with Crippen LogP contribution in [0.3, 0.4) is 0 Å². The molecule has 0 radical (unpaired) electrons. The van der Waals surface area contributed by atoms with Gasteiger partial charge >= 0.3 is 5.97 Å². The zero-order chi connectivity index (χ0) is 23.6. The molecular formula is C20H36N4O5S2. The number of amides is 3. The highest BCUT2D eigenvalue weighted by Crippen LogP contribution is 2.21. The van der Waals surface area contributed by atoms with Crippen LogP contribution >= 0.6 is 23.5 Å². The van der Waals surface area contributed by atoms with Gasteiger partial charge in [0.15, 0.2) is 0 Å². The van der Waals surface area contributed by atoms with Gasteiger partial charge in [0.1, 0.15) is 18.1 Å². The molecule has 1 saturated heterocycles. The number of carboxylic acids is 1. The van der Waals surface area contributed by atoms with Crippen LogP contribution in [0.4, 0.5) is 0 Å². The second-order valence-corrected chi connectivity index (χ2v) is 9.96. The van der Waals surface area contributed by atoms with E-state index in [9.17, 15) is 24.3 Å². The minimum absolute atomic E-state index is 0.193. The summed E-state index contributed by atoms with van der Waals surface area (Å²) in [5.41, 5.74) is 5.93. The van der Waals surface area contributed by atoms with Crippen molar-refractivity contribution >= 4 is 47.2 Å². The molecule has 1 aliphatic rings. The van der Waals surface area contributed by atoms with Crippen molar-refractivity contribution in [1.29, 1.82) is 0 Å². The SMILES string of the molecule is CSCCC(N)C(=O)NC(C(=O)N1CCCC1C(=O)NC(CCSC)C(=O)O)C(C)C. The first-order valence-electron chi connectivity index (χ1n) is 10.5. The number of carbonyl (C=O) groups is 4. The maximum Gasteiger partial charge on any atom is 0.326 e. The van der Waals surface area contributed by atoms with Crippen LogP contribution in [-0.4, -0.2) is 88.4 Å². The lowest BCUT2D eigenvalue weighted by molar-refractivity contribution is -0.145. The van der Waals surface area contributed by atoms with Crippen molar-refractivity contribution in [2.75, 3.05) is 30.6 Å². The van der Waals surface area contributed by atoms with E-state index in [0.29, 0.717) is 38.0 Å². The predicted octanol–water partition coefficient (Wildman–Crippen LogP) is 0.521. The number of likely N-dealkylation sites (tertiary alicyclic amines) is 1. The molecule has 1 heterocycles. The third kappa shape index (κ3) is 8.53. The summed E-state index contributed by atoms with van der Waals surface area (Å²) in [6, 6.07) is -3.24. The number of rotatable bonds is 13. The zero-order valence-corrected chi connectivity index (χ0v) is 20.4. The van der Waals surface area contributed by atoms with Crippen molar-refractivity contribution in [2.45, 2.75) is 63.7 Å². The molecule has 1 aliphatic heterocycles. The quantitative estimate of drug-likeness (QED) is 0.301. The van der Waals surface area contributed by atoms with Gasteiger partial charge < -0.3 is 26.4 Å². The first-order chi connectivity index (χ1) is 14.6. The highest BCUT2D eigenvalue weighted by Gasteiger charge is 2.39. The summed E-state index contributed by atoms with van der Waals surface area (Å²) in [5, 5.41) is 14.7. The van der Waals surface area contributed by atoms with Gasteiger partial charge in [0.2, 0.25) is 17.7 Å². The lowest BCUT2D eigenvalue weighted by atomic mass is 10.0. The molecule has 0 bridgehead atoms. The fourth-order valence-electron chi connectivity index (χ4n) is 3.39. The molecule has 0 aromatic heterocycles. The minimum atomic E-state index is -1.09. The second kappa shape index (κ2) is 13.8. The van der Waals surface area contributed by atoms with E-state index in [4.69, 9.17) is 5.73 Å². The molecule has 4 unspecified atom stereocenters. The second-order valence-electron chi connectivity index (χ2n) is 7.99. The molecule has 0 aromatic rings. The Kier molecular flexibility index (Phi) is 12.3. The van der Waals surface area contributed by atoms with E-state index >= 15 is 0 Å². The van der Waals surface area contributed by atoms with Crippen LogP contribution < -0.4 is 16.4 Å². The van der Waals surface area contributed by atoms with Gasteiger partial charge in [-0.1, -0.05) is 13.8 Å². The molecule has 3 amide bonds. The molecule has 0 saturated carbocycles. The fraction of sp³-hybridized carbons (Fsp3) is 0.800. The summed E-state index contributed by atoms with van der Waals surface area (Å²) in [7, 11) is 0. The summed E-state index contributed by atoms with van der Waals surface area (Å²) in [4.78, 5) is 51.4. The fourth-order valence-corrected chi connectivity index (χ4v) is 4.35. The molecule has 1 fully saturated rings. The van der Waals surface area contributed by atoms with E-state index in [1.165, 1.54) is 16.7 Å². The van der Waals surface area contributed by atoms with Gasteiger partial charge in [-0.15, -0.1) is 0 Å². The Hall–Kier alpha value is -1.46. The summed E-state index contributed by atoms with van der Waals surface area (Å²) >= 11 is 3.09. The Balaban J connectivity index is 2.86. The molecule has 0 spiro atoms. The van der Waals surface area contributed by atoms with Crippen molar-refractivity contribution < 1.29 is 24.3 Å². The lowest BCUT2D eigenvalue weighted by Gasteiger charge is -2.31. The lowest BCUT2D eigenvalue weighted by Crippen LogP contribution is -2.58. The minimum Gasteiger partial charge on any atom is -0.480 e. The highest BCUT2D eigenvalue weighted by atomic mass is 32.2. The van der Waals surface area contributed by atoms with Crippen molar-refractivity contribution in [1.82, 2.24) is 15.5 Å². The van der Waals surface area contributed by atoms with Gasteiger partial charge in [0.25, 0.3) is 0 Å². The molecule has 9 nitrogen and oxygen atoms in total. The third-order valence-corrected chi connectivity index (χ3v) is 6.55. The van der Waals surface area contributed by atoms with Crippen molar-refractivity contribution in [2.24, 2.45) is 11.7 Å². The molecular weight excluding hydrogens is 440 g/mol. The standard InChI is InChI=1S/C20H36N4O5S2/c1-12(2)16(23-17(25)13(21)7-10-30-3)19(27)24-9-5-6-15(24)18(26)22-14(20(28)29)8-11-31-4/h12-16H,5-11,21H2,1-4H3,(H,22,26)(H,23,25)(H,28,29). The largest absolute Gasteiger partial charge is 0.480 e. The number of thioether (sulfide) groups is 2. The van der Waals surface area contributed by atoms with Crippen LogP contribution in [-0.2, 0) is 19.2 Å². The Morgan fingerprint density at radius 1 is 1.10 bits per heavy atom. The van der Waals surface area contributed by atoms with Crippen molar-refractivity contribution in [3.05, 3.63) is 0 Å². The third-order valence-electron chi connectivity index (χ3n) is 5.26. The topological polar surface area (TPSA) is 142 Å². The molecule has 0 aromatic carbocycles. The molecule has 5 N–H and O–H groups in total. The van der Waals surface area contributed by atoms with Crippen LogP contribution in [0.25, 0.3) is 0 Å². The number of carbonyl (C=O) groups excluding carboxylic acids is 3. The first kappa shape index (κ1) is 27.6. The van der Waals surface area contributed by atoms with Crippen LogP contribution in [0.2, 0.25) is 0 Å². The molecule has 178 valence electrons. The molecule has 11 heteroatoms. The van der Waals surface area contributed by atoms with E-state index < -0.39 is 36.0 Å². The maximum atomic E-state index is 13.2. The number of carboxylic acid groups (broad SMARTS) is 1. The van der Waals surface area contributed by atoms with Gasteiger partial charge in [0.05, 0.1) is 6.04 Å². The van der Waals surface area contributed by atoms with Crippen LogP contribution in [0.1, 0.15) is 39.5 Å². The number of nitrogens with zero attached hydrogens (tertiary/aromatic N) is 1. The monoisotopic (exact) mass is 476 g/mol. The summed E-state index contributed by atoms with van der Waals surface area (Å²) < 4.78 is 0. The van der Waals surface area contributed by atoms with Gasteiger partial charge in [-0.05, 0) is 55.6 Å². The van der Waals surface area contributed by atoms with Gasteiger partial charge in [-0.25, -0.2) is 4.79 Å². The summed E-state index contributed by atoms with van der Waals surface area (Å²) in [6.45, 7) is 4.03. The van der Waals surface area contributed by atoms with Gasteiger partial charge in [0, 0.05) is 6.54 Å². The average molecular weight is 477 g/mol. The Morgan fingerprint density at radius 3 is 2.26 bits per heavy atom. The van der Waals surface area contributed by atoms with Crippen LogP contribution in [0.5, 0.6) is 0 Å². The Morgan fingerprint density at radius 2 is 1.71 bits per heavy atom. The maximum absolute atomic E-state index is 13.2.